The molecule has 0 aliphatic carbocycles. The molecule has 0 saturated carbocycles. The van der Waals surface area contributed by atoms with E-state index in [0.29, 0.717) is 32.4 Å². The molecule has 5 rings (SSSR count). The Morgan fingerprint density at radius 1 is 1.16 bits per heavy atom. The van der Waals surface area contributed by atoms with E-state index in [4.69, 9.17) is 44.6 Å². The van der Waals surface area contributed by atoms with E-state index >= 15 is 0 Å². The van der Waals surface area contributed by atoms with Gasteiger partial charge in [0.2, 0.25) is 5.91 Å². The largest absolute Gasteiger partial charge is 0.459 e. The number of amides is 1. The van der Waals surface area contributed by atoms with E-state index in [1.807, 2.05) is 66.4 Å². The molecule has 0 spiro atoms. The molecule has 2 aromatic heterocycles. The second-order valence-electron chi connectivity index (χ2n) is 8.80. The van der Waals surface area contributed by atoms with Gasteiger partial charge in [0.1, 0.15) is 24.2 Å². The van der Waals surface area contributed by atoms with Crippen LogP contribution >= 0.6 is 35.4 Å². The van der Waals surface area contributed by atoms with Gasteiger partial charge >= 0.3 is 0 Å². The lowest BCUT2D eigenvalue weighted by molar-refractivity contribution is -0.119. The lowest BCUT2D eigenvalue weighted by Crippen LogP contribution is -2.29. The van der Waals surface area contributed by atoms with Gasteiger partial charge in [-0.2, -0.15) is 0 Å². The van der Waals surface area contributed by atoms with Crippen LogP contribution < -0.4 is 15.5 Å². The molecule has 38 heavy (non-hydrogen) atoms. The quantitative estimate of drug-likeness (QED) is 0.240. The number of anilines is 2. The van der Waals surface area contributed by atoms with Gasteiger partial charge in [-0.3, -0.25) is 9.78 Å². The number of methoxy groups -OCH3 is 1. The first-order valence-electron chi connectivity index (χ1n) is 11.8. The highest BCUT2D eigenvalue weighted by Crippen LogP contribution is 2.44. The van der Waals surface area contributed by atoms with Crippen molar-refractivity contribution in [2.45, 2.75) is 19.0 Å². The van der Waals surface area contributed by atoms with Gasteiger partial charge in [0.05, 0.1) is 16.8 Å². The molecular formula is C28H24Cl2N4O3S. The number of furan rings is 1. The number of rotatable bonds is 7. The summed E-state index contributed by atoms with van der Waals surface area (Å²) in [6.07, 6.45) is 1.75. The number of benzene rings is 2. The summed E-state index contributed by atoms with van der Waals surface area (Å²) in [6, 6.07) is 20.0. The third kappa shape index (κ3) is 5.26. The number of carbonyl (C=O) groups excluding carboxylic acids is 1. The lowest BCUT2D eigenvalue weighted by Gasteiger charge is -2.27. The highest BCUT2D eigenvalue weighted by atomic mass is 35.5. The van der Waals surface area contributed by atoms with E-state index < -0.39 is 0 Å². The second kappa shape index (κ2) is 11.1. The van der Waals surface area contributed by atoms with Crippen molar-refractivity contribution in [1.29, 1.82) is 0 Å². The fourth-order valence-electron chi connectivity index (χ4n) is 4.52. The first-order valence-corrected chi connectivity index (χ1v) is 13.0. The molecule has 1 aliphatic heterocycles. The van der Waals surface area contributed by atoms with Crippen LogP contribution in [0, 0.1) is 6.92 Å². The van der Waals surface area contributed by atoms with E-state index in [-0.39, 0.29) is 24.6 Å². The Morgan fingerprint density at radius 2 is 2.00 bits per heavy atom. The van der Waals surface area contributed by atoms with Gasteiger partial charge in [-0.05, 0) is 85.4 Å². The van der Waals surface area contributed by atoms with Crippen LogP contribution in [0.2, 0.25) is 10.0 Å². The number of nitrogens with zero attached hydrogens (tertiary/aromatic N) is 2. The molecule has 10 heteroatoms. The molecule has 1 saturated heterocycles. The van der Waals surface area contributed by atoms with Crippen LogP contribution in [0.15, 0.2) is 77.3 Å². The monoisotopic (exact) mass is 566 g/mol. The normalized spacial score (nSPS) is 16.9. The molecule has 4 aromatic rings. The molecule has 2 aromatic carbocycles. The zero-order chi connectivity index (χ0) is 26.8. The molecular weight excluding hydrogens is 543 g/mol. The van der Waals surface area contributed by atoms with E-state index in [0.717, 1.165) is 22.5 Å². The maximum absolute atomic E-state index is 12.0. The number of thiocarbonyl (C=S) groups is 1. The van der Waals surface area contributed by atoms with E-state index in [1.54, 1.807) is 18.3 Å². The summed E-state index contributed by atoms with van der Waals surface area (Å²) in [4.78, 5) is 18.6. The maximum Gasteiger partial charge on any atom is 0.250 e. The Kier molecular flexibility index (Phi) is 7.67. The smallest absolute Gasteiger partial charge is 0.250 e. The van der Waals surface area contributed by atoms with Crippen LogP contribution in [0.3, 0.4) is 0 Å². The summed E-state index contributed by atoms with van der Waals surface area (Å²) in [5, 5.41) is 7.87. The minimum Gasteiger partial charge on any atom is -0.459 e. The zero-order valence-electron chi connectivity index (χ0n) is 20.6. The summed E-state index contributed by atoms with van der Waals surface area (Å²) < 4.78 is 11.3. The molecule has 3 heterocycles. The van der Waals surface area contributed by atoms with Crippen molar-refractivity contribution in [1.82, 2.24) is 10.3 Å². The van der Waals surface area contributed by atoms with E-state index in [1.165, 1.54) is 7.11 Å². The highest BCUT2D eigenvalue weighted by Gasteiger charge is 2.42. The summed E-state index contributed by atoms with van der Waals surface area (Å²) in [5.41, 5.74) is 3.98. The fourth-order valence-corrected chi connectivity index (χ4v) is 5.37. The SMILES string of the molecule is COCC(=O)Nc1ccc(N2C(=S)N[C@@H](c3ccccn3)[C@@H]2c2ccc(-c3ccc(Cl)cc3Cl)o2)cc1C. The van der Waals surface area contributed by atoms with Gasteiger partial charge in [0.25, 0.3) is 0 Å². The first-order chi connectivity index (χ1) is 18.4. The molecule has 1 amide bonds. The Bertz CT molecular complexity index is 1490. The number of pyridine rings is 1. The molecule has 0 bridgehead atoms. The van der Waals surface area contributed by atoms with Crippen molar-refractivity contribution in [2.75, 3.05) is 23.9 Å². The van der Waals surface area contributed by atoms with Gasteiger partial charge in [-0.15, -0.1) is 0 Å². The number of nitrogens with one attached hydrogen (secondary N) is 2. The summed E-state index contributed by atoms with van der Waals surface area (Å²) >= 11 is 18.4. The van der Waals surface area contributed by atoms with Gasteiger partial charge in [-0.25, -0.2) is 0 Å². The Labute approximate surface area is 235 Å². The van der Waals surface area contributed by atoms with Crippen LogP contribution in [0.25, 0.3) is 11.3 Å². The van der Waals surface area contributed by atoms with E-state index in [9.17, 15) is 4.79 Å². The number of ether oxygens (including phenoxy) is 1. The third-order valence-electron chi connectivity index (χ3n) is 6.25. The third-order valence-corrected chi connectivity index (χ3v) is 7.11. The summed E-state index contributed by atoms with van der Waals surface area (Å²) in [7, 11) is 1.48. The minimum atomic E-state index is -0.342. The standard InChI is InChI=1S/C28H24Cl2N4O3S/c1-16-13-18(7-9-21(16)32-25(35)15-36-2)34-27(26(33-28(34)38)22-5-3-4-12-31-22)24-11-10-23(37-24)19-8-6-17(29)14-20(19)30/h3-14,26-27H,15H2,1-2H3,(H,32,35)(H,33,38)/t26-,27-/m0/s1. The van der Waals surface area contributed by atoms with Gasteiger partial charge in [-0.1, -0.05) is 29.3 Å². The average molecular weight is 567 g/mol. The second-order valence-corrected chi connectivity index (χ2v) is 10.0. The molecule has 0 unspecified atom stereocenters. The molecule has 2 atom stereocenters. The van der Waals surface area contributed by atoms with Gasteiger partial charge in [0, 0.05) is 35.3 Å². The number of hydrogen-bond acceptors (Lipinski definition) is 5. The zero-order valence-corrected chi connectivity index (χ0v) is 22.9. The maximum atomic E-state index is 12.0. The van der Waals surface area contributed by atoms with Crippen molar-refractivity contribution in [3.63, 3.8) is 0 Å². The predicted molar refractivity (Wildman–Crippen MR) is 154 cm³/mol. The number of aryl methyl sites for hydroxylation is 1. The molecule has 7 nitrogen and oxygen atoms in total. The summed E-state index contributed by atoms with van der Waals surface area (Å²) in [5.74, 6) is 1.08. The van der Waals surface area contributed by atoms with Crippen LogP contribution in [0.4, 0.5) is 11.4 Å². The highest BCUT2D eigenvalue weighted by molar-refractivity contribution is 7.80. The Morgan fingerprint density at radius 3 is 2.71 bits per heavy atom. The Hall–Kier alpha value is -3.43. The van der Waals surface area contributed by atoms with Crippen LogP contribution in [-0.4, -0.2) is 29.7 Å². The summed E-state index contributed by atoms with van der Waals surface area (Å²) in [6.45, 7) is 1.91. The Balaban J connectivity index is 1.55. The van der Waals surface area contributed by atoms with Crippen LogP contribution in [0.1, 0.15) is 29.1 Å². The van der Waals surface area contributed by atoms with Gasteiger partial charge < -0.3 is 24.7 Å². The number of hydrogen-bond donors (Lipinski definition) is 2. The van der Waals surface area contributed by atoms with Crippen molar-refractivity contribution >= 4 is 57.8 Å². The molecule has 1 aliphatic rings. The first kappa shape index (κ1) is 26.2. The van der Waals surface area contributed by atoms with Crippen molar-refractivity contribution in [3.05, 3.63) is 100.0 Å². The average Bonchev–Trinajstić information content (AvgIpc) is 3.50. The van der Waals surface area contributed by atoms with Crippen molar-refractivity contribution in [3.8, 4) is 11.3 Å². The topological polar surface area (TPSA) is 79.6 Å². The minimum absolute atomic E-state index is 0.0202. The number of aromatic nitrogens is 1. The van der Waals surface area contributed by atoms with Crippen LogP contribution in [-0.2, 0) is 9.53 Å². The lowest BCUT2D eigenvalue weighted by atomic mass is 10.0. The number of carbonyl (C=O) groups is 1. The molecule has 2 N–H and O–H groups in total. The van der Waals surface area contributed by atoms with Crippen molar-refractivity contribution < 1.29 is 13.9 Å². The molecule has 194 valence electrons. The predicted octanol–water partition coefficient (Wildman–Crippen LogP) is 6.72. The molecule has 1 fully saturated rings. The molecule has 0 radical (unpaired) electrons. The number of halogens is 2. The fraction of sp³-hybridized carbons (Fsp3) is 0.179. The van der Waals surface area contributed by atoms with E-state index in [2.05, 4.69) is 15.6 Å². The van der Waals surface area contributed by atoms with Crippen molar-refractivity contribution in [2.24, 2.45) is 0 Å². The van der Waals surface area contributed by atoms with Crippen LogP contribution in [0.5, 0.6) is 0 Å². The van der Waals surface area contributed by atoms with Gasteiger partial charge in [0.15, 0.2) is 5.11 Å².